The first-order chi connectivity index (χ1) is 9.97. The summed E-state index contributed by atoms with van der Waals surface area (Å²) in [6.07, 6.45) is 3.53. The first kappa shape index (κ1) is 15.2. The Kier molecular flexibility index (Phi) is 4.24. The first-order valence-corrected chi connectivity index (χ1v) is 9.11. The molecule has 2 aliphatic rings. The monoisotopic (exact) mass is 306 g/mol. The van der Waals surface area contributed by atoms with Crippen LogP contribution in [0, 0.1) is 0 Å². The van der Waals surface area contributed by atoms with Crippen LogP contribution in [0.4, 0.5) is 0 Å². The normalized spacial score (nSPS) is 29.8. The Morgan fingerprint density at radius 2 is 2.00 bits per heavy atom. The molecule has 116 valence electrons. The van der Waals surface area contributed by atoms with Crippen LogP contribution in [0.5, 0.6) is 5.75 Å². The van der Waals surface area contributed by atoms with Crippen LogP contribution in [0.25, 0.3) is 0 Å². The summed E-state index contributed by atoms with van der Waals surface area (Å²) in [7, 11) is 0. The molecule has 2 atom stereocenters. The summed E-state index contributed by atoms with van der Waals surface area (Å²) < 4.78 is 12.3. The maximum atomic E-state index is 6.22. The molecule has 2 nitrogen and oxygen atoms in total. The van der Waals surface area contributed by atoms with Crippen molar-refractivity contribution in [3.8, 4) is 5.75 Å². The summed E-state index contributed by atoms with van der Waals surface area (Å²) >= 11 is 2.01. The van der Waals surface area contributed by atoms with Crippen LogP contribution >= 0.6 is 11.8 Å². The lowest BCUT2D eigenvalue weighted by atomic mass is 9.87. The highest BCUT2D eigenvalue weighted by Crippen LogP contribution is 2.39. The summed E-state index contributed by atoms with van der Waals surface area (Å²) in [5, 5.41) is 0. The summed E-state index contributed by atoms with van der Waals surface area (Å²) in [5.41, 5.74) is 1.65. The Morgan fingerprint density at radius 1 is 1.24 bits per heavy atom. The van der Waals surface area contributed by atoms with Gasteiger partial charge in [-0.2, -0.15) is 11.8 Å². The van der Waals surface area contributed by atoms with E-state index in [9.17, 15) is 0 Å². The van der Waals surface area contributed by atoms with Gasteiger partial charge in [0.05, 0.1) is 12.2 Å². The Bertz CT molecular complexity index is 469. The zero-order chi connectivity index (χ0) is 14.9. The molecule has 0 aromatic heterocycles. The van der Waals surface area contributed by atoms with Crippen molar-refractivity contribution in [2.45, 2.75) is 57.2 Å². The average molecular weight is 306 g/mol. The van der Waals surface area contributed by atoms with Gasteiger partial charge in [0.25, 0.3) is 0 Å². The number of thioether (sulfide) groups is 1. The van der Waals surface area contributed by atoms with E-state index in [1.54, 1.807) is 0 Å². The molecule has 0 radical (unpaired) electrons. The lowest BCUT2D eigenvalue weighted by Crippen LogP contribution is -2.43. The van der Waals surface area contributed by atoms with Gasteiger partial charge in [-0.05, 0) is 35.3 Å². The highest BCUT2D eigenvalue weighted by atomic mass is 32.2. The second kappa shape index (κ2) is 5.85. The highest BCUT2D eigenvalue weighted by molar-refractivity contribution is 7.99. The van der Waals surface area contributed by atoms with Gasteiger partial charge in [-0.25, -0.2) is 0 Å². The van der Waals surface area contributed by atoms with Gasteiger partial charge in [0, 0.05) is 18.6 Å². The van der Waals surface area contributed by atoms with E-state index in [-0.39, 0.29) is 11.0 Å². The molecule has 2 saturated heterocycles. The van der Waals surface area contributed by atoms with Crippen LogP contribution in [-0.4, -0.2) is 29.8 Å². The SMILES string of the molecule is CC(C)(C)c1ccc(OC2CCOC3(CCSC3)C2)cc1. The van der Waals surface area contributed by atoms with E-state index in [1.165, 1.54) is 17.7 Å². The van der Waals surface area contributed by atoms with Gasteiger partial charge in [-0.1, -0.05) is 32.9 Å². The Hall–Kier alpha value is -0.670. The number of hydrogen-bond donors (Lipinski definition) is 0. The predicted molar refractivity (Wildman–Crippen MR) is 89.4 cm³/mol. The molecule has 1 spiro atoms. The molecule has 2 heterocycles. The quantitative estimate of drug-likeness (QED) is 0.806. The molecule has 2 aliphatic heterocycles. The van der Waals surface area contributed by atoms with Crippen LogP contribution in [0.15, 0.2) is 24.3 Å². The van der Waals surface area contributed by atoms with E-state index in [4.69, 9.17) is 9.47 Å². The molecule has 3 heteroatoms. The Morgan fingerprint density at radius 3 is 2.62 bits per heavy atom. The van der Waals surface area contributed by atoms with Crippen molar-refractivity contribution in [3.05, 3.63) is 29.8 Å². The minimum absolute atomic E-state index is 0.0962. The maximum Gasteiger partial charge on any atom is 0.119 e. The third-order valence-electron chi connectivity index (χ3n) is 4.54. The molecule has 0 bridgehead atoms. The van der Waals surface area contributed by atoms with Crippen molar-refractivity contribution in [1.82, 2.24) is 0 Å². The molecule has 2 unspecified atom stereocenters. The molecule has 3 rings (SSSR count). The van der Waals surface area contributed by atoms with E-state index in [1.807, 2.05) is 11.8 Å². The molecule has 21 heavy (non-hydrogen) atoms. The lowest BCUT2D eigenvalue weighted by Gasteiger charge is -2.37. The van der Waals surface area contributed by atoms with Crippen LogP contribution < -0.4 is 4.74 Å². The van der Waals surface area contributed by atoms with Gasteiger partial charge in [-0.15, -0.1) is 0 Å². The fraction of sp³-hybridized carbons (Fsp3) is 0.667. The van der Waals surface area contributed by atoms with Crippen LogP contribution in [0.3, 0.4) is 0 Å². The standard InChI is InChI=1S/C18H26O2S/c1-17(2,3)14-4-6-15(7-5-14)20-16-8-10-19-18(12-16)9-11-21-13-18/h4-7,16H,8-13H2,1-3H3. The van der Waals surface area contributed by atoms with Crippen molar-refractivity contribution in [2.24, 2.45) is 0 Å². The minimum Gasteiger partial charge on any atom is -0.490 e. The third-order valence-corrected chi connectivity index (χ3v) is 5.76. The van der Waals surface area contributed by atoms with Crippen molar-refractivity contribution >= 4 is 11.8 Å². The second-order valence-electron chi connectivity index (χ2n) is 7.34. The summed E-state index contributed by atoms with van der Waals surface area (Å²) in [5.74, 6) is 3.36. The van der Waals surface area contributed by atoms with Gasteiger partial charge in [-0.3, -0.25) is 0 Å². The van der Waals surface area contributed by atoms with E-state index < -0.39 is 0 Å². The van der Waals surface area contributed by atoms with Crippen molar-refractivity contribution in [3.63, 3.8) is 0 Å². The van der Waals surface area contributed by atoms with E-state index >= 15 is 0 Å². The van der Waals surface area contributed by atoms with Gasteiger partial charge in [0.15, 0.2) is 0 Å². The molecule has 0 N–H and O–H groups in total. The lowest BCUT2D eigenvalue weighted by molar-refractivity contribution is -0.0958. The average Bonchev–Trinajstić information content (AvgIpc) is 2.86. The molecule has 2 fully saturated rings. The van der Waals surface area contributed by atoms with Crippen molar-refractivity contribution in [1.29, 1.82) is 0 Å². The number of ether oxygens (including phenoxy) is 2. The summed E-state index contributed by atoms with van der Waals surface area (Å²) in [6, 6.07) is 8.62. The second-order valence-corrected chi connectivity index (χ2v) is 8.45. The fourth-order valence-electron chi connectivity index (χ4n) is 3.17. The molecular formula is C18H26O2S. The Labute approximate surface area is 132 Å². The largest absolute Gasteiger partial charge is 0.490 e. The molecule has 0 aliphatic carbocycles. The zero-order valence-corrected chi connectivity index (χ0v) is 14.2. The molecular weight excluding hydrogens is 280 g/mol. The van der Waals surface area contributed by atoms with Crippen LogP contribution in [0.2, 0.25) is 0 Å². The molecule has 1 aromatic carbocycles. The minimum atomic E-state index is 0.0962. The molecule has 0 amide bonds. The fourth-order valence-corrected chi connectivity index (χ4v) is 4.55. The number of benzene rings is 1. The maximum absolute atomic E-state index is 6.22. The van der Waals surface area contributed by atoms with Gasteiger partial charge < -0.3 is 9.47 Å². The number of rotatable bonds is 2. The first-order valence-electron chi connectivity index (χ1n) is 7.96. The predicted octanol–water partition coefficient (Wildman–Crippen LogP) is 4.42. The third kappa shape index (κ3) is 3.57. The highest BCUT2D eigenvalue weighted by Gasteiger charge is 2.41. The van der Waals surface area contributed by atoms with Crippen molar-refractivity contribution in [2.75, 3.05) is 18.1 Å². The van der Waals surface area contributed by atoms with Crippen molar-refractivity contribution < 1.29 is 9.47 Å². The van der Waals surface area contributed by atoms with E-state index in [2.05, 4.69) is 45.0 Å². The summed E-state index contributed by atoms with van der Waals surface area (Å²) in [4.78, 5) is 0. The van der Waals surface area contributed by atoms with Gasteiger partial charge >= 0.3 is 0 Å². The van der Waals surface area contributed by atoms with Gasteiger partial charge in [0.2, 0.25) is 0 Å². The van der Waals surface area contributed by atoms with Crippen LogP contribution in [-0.2, 0) is 10.2 Å². The topological polar surface area (TPSA) is 18.5 Å². The van der Waals surface area contributed by atoms with Gasteiger partial charge in [0.1, 0.15) is 11.9 Å². The smallest absolute Gasteiger partial charge is 0.119 e. The summed E-state index contributed by atoms with van der Waals surface area (Å²) in [6.45, 7) is 7.56. The molecule has 0 saturated carbocycles. The number of hydrogen-bond acceptors (Lipinski definition) is 3. The Balaban J connectivity index is 1.63. The molecule has 1 aromatic rings. The van der Waals surface area contributed by atoms with E-state index in [0.29, 0.717) is 6.10 Å². The van der Waals surface area contributed by atoms with Crippen LogP contribution in [0.1, 0.15) is 45.6 Å². The van der Waals surface area contributed by atoms with E-state index in [0.717, 1.165) is 31.0 Å². The zero-order valence-electron chi connectivity index (χ0n) is 13.4.